The van der Waals surface area contributed by atoms with Gasteiger partial charge in [-0.05, 0) is 18.8 Å². The molecule has 0 atom stereocenters. The lowest BCUT2D eigenvalue weighted by Crippen LogP contribution is -2.26. The third kappa shape index (κ3) is 3.03. The third-order valence-corrected chi connectivity index (χ3v) is 3.55. The van der Waals surface area contributed by atoms with Crippen LogP contribution in [-0.2, 0) is 13.1 Å². The summed E-state index contributed by atoms with van der Waals surface area (Å²) >= 11 is 6.09. The molecular formula is C13H20ClN5O2. The maximum Gasteiger partial charge on any atom is 0.330 e. The molecule has 0 radical (unpaired) electrons. The third-order valence-electron chi connectivity index (χ3n) is 3.29. The molecule has 116 valence electrons. The van der Waals surface area contributed by atoms with Gasteiger partial charge in [-0.2, -0.15) is 9.97 Å². The lowest BCUT2D eigenvalue weighted by molar-refractivity contribution is 0.275. The Hall–Kier alpha value is -1.60. The van der Waals surface area contributed by atoms with Crippen LogP contribution < -0.4 is 11.4 Å². The van der Waals surface area contributed by atoms with E-state index in [1.807, 2.05) is 13.8 Å². The number of hydrogen-bond acceptors (Lipinski definition) is 5. The summed E-state index contributed by atoms with van der Waals surface area (Å²) in [6.45, 7) is 4.63. The van der Waals surface area contributed by atoms with Crippen LogP contribution >= 0.6 is 11.6 Å². The normalized spacial score (nSPS) is 14.1. The molecule has 2 aromatic rings. The van der Waals surface area contributed by atoms with Crippen LogP contribution in [0.15, 0.2) is 4.79 Å². The zero-order valence-electron chi connectivity index (χ0n) is 12.2. The Bertz CT molecular complexity index is 690. The quantitative estimate of drug-likeness (QED) is 0.828. The predicted octanol–water partition coefficient (Wildman–Crippen LogP) is 1.26. The number of aliphatic hydroxyl groups is 1. The van der Waals surface area contributed by atoms with Gasteiger partial charge in [0.2, 0.25) is 5.95 Å². The first-order chi connectivity index (χ1) is 10.1. The van der Waals surface area contributed by atoms with Crippen molar-refractivity contribution in [3.63, 3.8) is 0 Å². The zero-order chi connectivity index (χ0) is 15.6. The molecule has 1 aliphatic rings. The number of aliphatic hydroxyl groups excluding tert-OH is 1. The number of nitrogen functional groups attached to an aromatic ring is 1. The number of nitrogens with two attached hydrogens (primary N) is 1. The van der Waals surface area contributed by atoms with Crippen molar-refractivity contribution in [3.8, 4) is 0 Å². The minimum atomic E-state index is -0.224. The topological polar surface area (TPSA) is 99.0 Å². The maximum absolute atomic E-state index is 12.4. The van der Waals surface area contributed by atoms with E-state index in [0.29, 0.717) is 23.6 Å². The highest BCUT2D eigenvalue weighted by molar-refractivity contribution is 6.33. The molecule has 2 aromatic heterocycles. The fourth-order valence-corrected chi connectivity index (χ4v) is 2.49. The molecule has 1 saturated carbocycles. The molecule has 1 aliphatic carbocycles. The molecule has 3 N–H and O–H groups in total. The van der Waals surface area contributed by atoms with Crippen molar-refractivity contribution in [1.29, 1.82) is 0 Å². The van der Waals surface area contributed by atoms with E-state index < -0.39 is 0 Å². The fraction of sp³-hybridized carbons (Fsp3) is 0.615. The molecule has 7 nitrogen and oxygen atoms in total. The number of anilines is 1. The Morgan fingerprint density at radius 3 is 2.57 bits per heavy atom. The molecule has 2 heterocycles. The second kappa shape index (κ2) is 6.44. The second-order valence-electron chi connectivity index (χ2n) is 4.76. The van der Waals surface area contributed by atoms with E-state index in [9.17, 15) is 4.79 Å². The van der Waals surface area contributed by atoms with Gasteiger partial charge in [-0.25, -0.2) is 4.79 Å². The van der Waals surface area contributed by atoms with Crippen LogP contribution in [0.5, 0.6) is 0 Å². The SMILES string of the molecule is CC.Nc1nc(Cl)c2c(n1)n(CCO)c(=O)n2CC1CC1. The summed E-state index contributed by atoms with van der Waals surface area (Å²) in [6, 6.07) is 0. The first-order valence-corrected chi connectivity index (χ1v) is 7.52. The summed E-state index contributed by atoms with van der Waals surface area (Å²) in [4.78, 5) is 20.3. The monoisotopic (exact) mass is 313 g/mol. The number of halogens is 1. The van der Waals surface area contributed by atoms with Gasteiger partial charge in [-0.1, -0.05) is 25.4 Å². The second-order valence-corrected chi connectivity index (χ2v) is 5.11. The van der Waals surface area contributed by atoms with Gasteiger partial charge >= 0.3 is 5.69 Å². The van der Waals surface area contributed by atoms with E-state index in [2.05, 4.69) is 9.97 Å². The summed E-state index contributed by atoms with van der Waals surface area (Å²) in [5, 5.41) is 9.25. The highest BCUT2D eigenvalue weighted by atomic mass is 35.5. The zero-order valence-corrected chi connectivity index (χ0v) is 13.0. The molecule has 21 heavy (non-hydrogen) atoms. The number of fused-ring (bicyclic) bond motifs is 1. The molecule has 0 amide bonds. The molecule has 8 heteroatoms. The minimum absolute atomic E-state index is 0.0211. The summed E-state index contributed by atoms with van der Waals surface area (Å²) < 4.78 is 2.98. The molecule has 1 fully saturated rings. The van der Waals surface area contributed by atoms with Crippen LogP contribution in [0.3, 0.4) is 0 Å². The van der Waals surface area contributed by atoms with Gasteiger partial charge in [0.25, 0.3) is 0 Å². The molecule has 3 rings (SSSR count). The number of rotatable bonds is 4. The van der Waals surface area contributed by atoms with Gasteiger partial charge in [-0.3, -0.25) is 9.13 Å². The average Bonchev–Trinajstić information content (AvgIpc) is 3.23. The highest BCUT2D eigenvalue weighted by Gasteiger charge is 2.26. The van der Waals surface area contributed by atoms with Crippen molar-refractivity contribution in [2.24, 2.45) is 5.92 Å². The van der Waals surface area contributed by atoms with Gasteiger partial charge in [0.1, 0.15) is 5.52 Å². The van der Waals surface area contributed by atoms with E-state index >= 15 is 0 Å². The Morgan fingerprint density at radius 2 is 2.00 bits per heavy atom. The Balaban J connectivity index is 0.000000774. The van der Waals surface area contributed by atoms with Crippen molar-refractivity contribution in [3.05, 3.63) is 15.6 Å². The van der Waals surface area contributed by atoms with Crippen LogP contribution in [0.2, 0.25) is 5.15 Å². The first kappa shape index (κ1) is 15.8. The maximum atomic E-state index is 12.4. The van der Waals surface area contributed by atoms with Crippen LogP contribution in [0, 0.1) is 5.92 Å². The molecule has 0 aromatic carbocycles. The molecular weight excluding hydrogens is 294 g/mol. The number of aromatic nitrogens is 4. The van der Waals surface area contributed by atoms with Gasteiger partial charge in [0, 0.05) is 6.54 Å². The highest BCUT2D eigenvalue weighted by Crippen LogP contribution is 2.32. The molecule has 0 aliphatic heterocycles. The summed E-state index contributed by atoms with van der Waals surface area (Å²) in [6.07, 6.45) is 2.24. The van der Waals surface area contributed by atoms with Crippen LogP contribution in [0.1, 0.15) is 26.7 Å². The van der Waals surface area contributed by atoms with Crippen molar-refractivity contribution >= 4 is 28.7 Å². The smallest absolute Gasteiger partial charge is 0.330 e. The first-order valence-electron chi connectivity index (χ1n) is 7.14. The molecule has 0 unspecified atom stereocenters. The number of hydrogen-bond donors (Lipinski definition) is 2. The van der Waals surface area contributed by atoms with E-state index in [0.717, 1.165) is 12.8 Å². The van der Waals surface area contributed by atoms with Gasteiger partial charge in [-0.15, -0.1) is 0 Å². The number of imidazole rings is 1. The van der Waals surface area contributed by atoms with Crippen LogP contribution in [0.4, 0.5) is 5.95 Å². The minimum Gasteiger partial charge on any atom is -0.395 e. The van der Waals surface area contributed by atoms with E-state index in [-0.39, 0.29) is 29.9 Å². The van der Waals surface area contributed by atoms with Crippen molar-refractivity contribution < 1.29 is 5.11 Å². The average molecular weight is 314 g/mol. The summed E-state index contributed by atoms with van der Waals surface area (Å²) in [5.41, 5.74) is 6.23. The largest absolute Gasteiger partial charge is 0.395 e. The van der Waals surface area contributed by atoms with Crippen molar-refractivity contribution in [2.75, 3.05) is 12.3 Å². The fourth-order valence-electron chi connectivity index (χ4n) is 2.21. The molecule has 0 spiro atoms. The van der Waals surface area contributed by atoms with E-state index in [1.165, 1.54) is 4.57 Å². The van der Waals surface area contributed by atoms with E-state index in [4.69, 9.17) is 22.4 Å². The lowest BCUT2D eigenvalue weighted by Gasteiger charge is -2.02. The predicted molar refractivity (Wildman–Crippen MR) is 82.4 cm³/mol. The Kier molecular flexibility index (Phi) is 4.84. The Labute approximate surface area is 127 Å². The lowest BCUT2D eigenvalue weighted by atomic mass is 10.4. The standard InChI is InChI=1S/C11H14ClN5O2.C2H6/c12-8-7-9(15-10(13)14-8)16(3-4-18)11(19)17(7)5-6-1-2-6;1-2/h6,18H,1-5H2,(H2,13,14,15);1-2H3. The van der Waals surface area contributed by atoms with Crippen molar-refractivity contribution in [2.45, 2.75) is 39.8 Å². The summed E-state index contributed by atoms with van der Waals surface area (Å²) in [7, 11) is 0. The molecule has 0 saturated heterocycles. The Morgan fingerprint density at radius 1 is 1.33 bits per heavy atom. The summed E-state index contributed by atoms with van der Waals surface area (Å²) in [5.74, 6) is 0.534. The molecule has 0 bridgehead atoms. The van der Waals surface area contributed by atoms with Crippen LogP contribution in [-0.4, -0.2) is 30.8 Å². The van der Waals surface area contributed by atoms with Crippen LogP contribution in [0.25, 0.3) is 11.2 Å². The van der Waals surface area contributed by atoms with Gasteiger partial charge in [0.05, 0.1) is 13.2 Å². The van der Waals surface area contributed by atoms with Gasteiger partial charge in [0.15, 0.2) is 10.8 Å². The number of nitrogens with zero attached hydrogens (tertiary/aromatic N) is 4. The van der Waals surface area contributed by atoms with Gasteiger partial charge < -0.3 is 10.8 Å². The van der Waals surface area contributed by atoms with E-state index in [1.54, 1.807) is 4.57 Å². The van der Waals surface area contributed by atoms with Crippen molar-refractivity contribution in [1.82, 2.24) is 19.1 Å².